The van der Waals surface area contributed by atoms with Crippen molar-refractivity contribution in [2.75, 3.05) is 20.1 Å². The molecule has 2 rings (SSSR count). The van der Waals surface area contributed by atoms with Gasteiger partial charge >= 0.3 is 0 Å². The lowest BCUT2D eigenvalue weighted by Gasteiger charge is -2.33. The third-order valence-corrected chi connectivity index (χ3v) is 6.05. The summed E-state index contributed by atoms with van der Waals surface area (Å²) in [7, 11) is -1.30. The van der Waals surface area contributed by atoms with E-state index in [0.717, 1.165) is 38.5 Å². The Morgan fingerprint density at radius 3 is 2.26 bits per heavy atom. The van der Waals surface area contributed by atoms with Gasteiger partial charge in [-0.25, -0.2) is 0 Å². The number of nitrogens with zero attached hydrogens (tertiary/aromatic N) is 1. The van der Waals surface area contributed by atoms with E-state index in [1.165, 1.54) is 0 Å². The minimum absolute atomic E-state index is 0.117. The molecule has 1 unspecified atom stereocenters. The Morgan fingerprint density at radius 1 is 1.05 bits per heavy atom. The fraction of sp³-hybridized carbons (Fsp3) is 1.00. The molecule has 1 heterocycles. The highest BCUT2D eigenvalue weighted by Gasteiger charge is 2.30. The summed E-state index contributed by atoms with van der Waals surface area (Å²) in [5.41, 5.74) is 0. The Bertz CT molecular complexity index is 377. The molecule has 1 saturated carbocycles. The first kappa shape index (κ1) is 15.2. The fourth-order valence-electron chi connectivity index (χ4n) is 3.15. The van der Waals surface area contributed by atoms with E-state index in [0.29, 0.717) is 25.0 Å². The predicted octanol–water partition coefficient (Wildman–Crippen LogP) is 1.08. The van der Waals surface area contributed by atoms with E-state index in [2.05, 4.69) is 17.0 Å². The molecule has 112 valence electrons. The molecular weight excluding hydrogens is 262 g/mol. The standard InChI is InChI=1S/C13H27N3O2S/c1-11-4-3-9-16(10-11)19(17,18)15-13-7-5-12(14-2)6-8-13/h11-15H,3-10H2,1-2H3. The monoisotopic (exact) mass is 289 g/mol. The Hall–Kier alpha value is -0.170. The van der Waals surface area contributed by atoms with Gasteiger partial charge in [0.05, 0.1) is 0 Å². The van der Waals surface area contributed by atoms with E-state index >= 15 is 0 Å². The van der Waals surface area contributed by atoms with Crippen LogP contribution < -0.4 is 10.0 Å². The van der Waals surface area contributed by atoms with Gasteiger partial charge in [0.1, 0.15) is 0 Å². The Kier molecular flexibility index (Phi) is 5.22. The van der Waals surface area contributed by atoms with Gasteiger partial charge in [-0.3, -0.25) is 0 Å². The van der Waals surface area contributed by atoms with Crippen molar-refractivity contribution in [1.29, 1.82) is 0 Å². The van der Waals surface area contributed by atoms with Crippen LogP contribution in [0.1, 0.15) is 45.4 Å². The van der Waals surface area contributed by atoms with Gasteiger partial charge in [0, 0.05) is 25.2 Å². The summed E-state index contributed by atoms with van der Waals surface area (Å²) >= 11 is 0. The molecular formula is C13H27N3O2S. The molecule has 1 saturated heterocycles. The zero-order valence-electron chi connectivity index (χ0n) is 12.1. The Labute approximate surface area is 117 Å². The Morgan fingerprint density at radius 2 is 1.68 bits per heavy atom. The quantitative estimate of drug-likeness (QED) is 0.814. The molecule has 2 aliphatic rings. The van der Waals surface area contributed by atoms with Crippen LogP contribution >= 0.6 is 0 Å². The highest BCUT2D eigenvalue weighted by atomic mass is 32.2. The van der Waals surface area contributed by atoms with E-state index in [1.54, 1.807) is 4.31 Å². The summed E-state index contributed by atoms with van der Waals surface area (Å²) in [6.45, 7) is 3.46. The van der Waals surface area contributed by atoms with Crippen LogP contribution in [-0.4, -0.2) is 44.9 Å². The molecule has 0 aromatic carbocycles. The van der Waals surface area contributed by atoms with E-state index in [4.69, 9.17) is 0 Å². The molecule has 0 radical (unpaired) electrons. The number of nitrogens with one attached hydrogen (secondary N) is 2. The molecule has 6 heteroatoms. The second-order valence-corrected chi connectivity index (χ2v) is 7.77. The maximum absolute atomic E-state index is 12.3. The maximum Gasteiger partial charge on any atom is 0.279 e. The van der Waals surface area contributed by atoms with Gasteiger partial charge in [-0.1, -0.05) is 6.92 Å². The van der Waals surface area contributed by atoms with E-state index in [1.807, 2.05) is 7.05 Å². The summed E-state index contributed by atoms with van der Waals surface area (Å²) in [5.74, 6) is 0.477. The molecule has 19 heavy (non-hydrogen) atoms. The smallest absolute Gasteiger partial charge is 0.279 e. The van der Waals surface area contributed by atoms with Crippen molar-refractivity contribution in [2.45, 2.75) is 57.5 Å². The number of piperidine rings is 1. The highest BCUT2D eigenvalue weighted by molar-refractivity contribution is 7.87. The van der Waals surface area contributed by atoms with Crippen LogP contribution in [0.5, 0.6) is 0 Å². The van der Waals surface area contributed by atoms with Crippen molar-refractivity contribution in [2.24, 2.45) is 5.92 Å². The second kappa shape index (κ2) is 6.52. The minimum Gasteiger partial charge on any atom is -0.317 e. The zero-order chi connectivity index (χ0) is 13.9. The summed E-state index contributed by atoms with van der Waals surface area (Å²) in [4.78, 5) is 0. The van der Waals surface area contributed by atoms with Crippen molar-refractivity contribution >= 4 is 10.2 Å². The van der Waals surface area contributed by atoms with E-state index in [-0.39, 0.29) is 6.04 Å². The van der Waals surface area contributed by atoms with Crippen LogP contribution in [0.4, 0.5) is 0 Å². The lowest BCUT2D eigenvalue weighted by atomic mass is 9.92. The third-order valence-electron chi connectivity index (χ3n) is 4.41. The van der Waals surface area contributed by atoms with Gasteiger partial charge in [0.15, 0.2) is 0 Å². The SMILES string of the molecule is CNC1CCC(NS(=O)(=O)N2CCCC(C)C2)CC1. The van der Waals surface area contributed by atoms with Crippen LogP contribution in [-0.2, 0) is 10.2 Å². The Balaban J connectivity index is 1.87. The maximum atomic E-state index is 12.3. The number of hydrogen-bond donors (Lipinski definition) is 2. The van der Waals surface area contributed by atoms with Crippen LogP contribution in [0.15, 0.2) is 0 Å². The lowest BCUT2D eigenvalue weighted by molar-refractivity contribution is 0.271. The first-order valence-electron chi connectivity index (χ1n) is 7.46. The zero-order valence-corrected chi connectivity index (χ0v) is 12.9. The molecule has 1 aliphatic carbocycles. The van der Waals surface area contributed by atoms with Crippen LogP contribution in [0.25, 0.3) is 0 Å². The molecule has 2 N–H and O–H groups in total. The minimum atomic E-state index is -3.28. The summed E-state index contributed by atoms with van der Waals surface area (Å²) in [5, 5.41) is 3.27. The topological polar surface area (TPSA) is 61.4 Å². The van der Waals surface area contributed by atoms with Crippen LogP contribution in [0, 0.1) is 5.92 Å². The third kappa shape index (κ3) is 4.15. The molecule has 0 aromatic rings. The molecule has 0 spiro atoms. The summed E-state index contributed by atoms with van der Waals surface area (Å²) in [6.07, 6.45) is 6.11. The van der Waals surface area contributed by atoms with Crippen molar-refractivity contribution in [3.63, 3.8) is 0 Å². The largest absolute Gasteiger partial charge is 0.317 e. The molecule has 0 bridgehead atoms. The van der Waals surface area contributed by atoms with Crippen molar-refractivity contribution in [3.05, 3.63) is 0 Å². The molecule has 5 nitrogen and oxygen atoms in total. The van der Waals surface area contributed by atoms with Crippen molar-refractivity contribution < 1.29 is 8.42 Å². The first-order chi connectivity index (χ1) is 9.01. The van der Waals surface area contributed by atoms with Crippen molar-refractivity contribution in [1.82, 2.24) is 14.3 Å². The molecule has 1 atom stereocenters. The van der Waals surface area contributed by atoms with E-state index in [9.17, 15) is 8.42 Å². The molecule has 2 fully saturated rings. The van der Waals surface area contributed by atoms with Gasteiger partial charge in [-0.05, 0) is 51.5 Å². The summed E-state index contributed by atoms with van der Waals surface area (Å²) in [6, 6.07) is 0.669. The molecule has 0 amide bonds. The average molecular weight is 289 g/mol. The van der Waals surface area contributed by atoms with Crippen LogP contribution in [0.2, 0.25) is 0 Å². The fourth-order valence-corrected chi connectivity index (χ4v) is 4.78. The predicted molar refractivity (Wildman–Crippen MR) is 77.1 cm³/mol. The van der Waals surface area contributed by atoms with Gasteiger partial charge in [0.2, 0.25) is 0 Å². The molecule has 0 aromatic heterocycles. The highest BCUT2D eigenvalue weighted by Crippen LogP contribution is 2.22. The number of rotatable bonds is 4. The lowest BCUT2D eigenvalue weighted by Crippen LogP contribution is -2.50. The van der Waals surface area contributed by atoms with Gasteiger partial charge in [-0.15, -0.1) is 0 Å². The first-order valence-corrected chi connectivity index (χ1v) is 8.90. The molecule has 1 aliphatic heterocycles. The van der Waals surface area contributed by atoms with Crippen LogP contribution in [0.3, 0.4) is 0 Å². The van der Waals surface area contributed by atoms with Gasteiger partial charge in [0.25, 0.3) is 10.2 Å². The van der Waals surface area contributed by atoms with Gasteiger partial charge in [-0.2, -0.15) is 17.4 Å². The van der Waals surface area contributed by atoms with Crippen molar-refractivity contribution in [3.8, 4) is 0 Å². The summed E-state index contributed by atoms with van der Waals surface area (Å²) < 4.78 is 29.2. The normalized spacial score (nSPS) is 34.3. The number of hydrogen-bond acceptors (Lipinski definition) is 3. The van der Waals surface area contributed by atoms with Gasteiger partial charge < -0.3 is 5.32 Å². The van der Waals surface area contributed by atoms with E-state index < -0.39 is 10.2 Å². The average Bonchev–Trinajstić information content (AvgIpc) is 2.39. The second-order valence-electron chi connectivity index (χ2n) is 6.07.